The van der Waals surface area contributed by atoms with Crippen LogP contribution in [0.4, 0.5) is 11.6 Å². The van der Waals surface area contributed by atoms with Gasteiger partial charge in [0.1, 0.15) is 6.04 Å². The van der Waals surface area contributed by atoms with Crippen LogP contribution in [0.5, 0.6) is 0 Å². The number of fused-ring (bicyclic) bond motifs is 1. The number of aliphatic carboxylic acids is 2. The molecule has 2 unspecified atom stereocenters. The fourth-order valence-electron chi connectivity index (χ4n) is 3.37. The number of hydrogen-bond donors (Lipinski definition) is 5. The standard InChI is InChI=1S/C20H23N7O7/c1-26-12(9-27-15(17(26)31)24-19(21)25-20(27)34)8-22-11-4-2-10(3-5-11)16(30)23-13(18(32)33)6-7-14(28)29/h2-5,12-13,22H,6-9H2,1H3,(H,23,30)(H,28,29)(H,32,33)(H2,21,25,34). The van der Waals surface area contributed by atoms with Crippen molar-refractivity contribution in [3.05, 3.63) is 46.1 Å². The second kappa shape index (κ2) is 9.97. The Morgan fingerprint density at radius 2 is 1.85 bits per heavy atom. The van der Waals surface area contributed by atoms with Crippen LogP contribution in [0.15, 0.2) is 29.1 Å². The minimum Gasteiger partial charge on any atom is -0.481 e. The summed E-state index contributed by atoms with van der Waals surface area (Å²) in [5.41, 5.74) is 5.60. The maximum atomic E-state index is 12.6. The monoisotopic (exact) mass is 473 g/mol. The van der Waals surface area contributed by atoms with Gasteiger partial charge in [-0.1, -0.05) is 0 Å². The van der Waals surface area contributed by atoms with Crippen molar-refractivity contribution in [2.75, 3.05) is 24.6 Å². The number of nitrogens with two attached hydrogens (primary N) is 1. The number of nitrogens with one attached hydrogen (secondary N) is 2. The molecule has 1 aromatic heterocycles. The van der Waals surface area contributed by atoms with E-state index in [1.54, 1.807) is 19.2 Å². The number of hydrogen-bond acceptors (Lipinski definition) is 9. The molecular weight excluding hydrogens is 450 g/mol. The number of nitrogens with zero attached hydrogens (tertiary/aromatic N) is 4. The van der Waals surface area contributed by atoms with Crippen LogP contribution in [0.1, 0.15) is 33.8 Å². The molecule has 14 heteroatoms. The summed E-state index contributed by atoms with van der Waals surface area (Å²) in [6.45, 7) is 0.442. The maximum Gasteiger partial charge on any atom is 0.352 e. The first kappa shape index (κ1) is 24.2. The van der Waals surface area contributed by atoms with Crippen LogP contribution in [0.3, 0.4) is 0 Å². The summed E-state index contributed by atoms with van der Waals surface area (Å²) in [7, 11) is 1.58. The number of aromatic nitrogens is 3. The lowest BCUT2D eigenvalue weighted by Crippen LogP contribution is -2.52. The van der Waals surface area contributed by atoms with Gasteiger partial charge in [0, 0.05) is 31.3 Å². The Labute approximate surface area is 192 Å². The van der Waals surface area contributed by atoms with E-state index in [-0.39, 0.29) is 36.8 Å². The molecule has 0 fully saturated rings. The van der Waals surface area contributed by atoms with E-state index >= 15 is 0 Å². The highest BCUT2D eigenvalue weighted by Crippen LogP contribution is 2.15. The predicted molar refractivity (Wildman–Crippen MR) is 117 cm³/mol. The molecule has 1 aliphatic heterocycles. The SMILES string of the molecule is CN1C(=O)c2nc(N)nc(=O)n2CC1CNc1ccc(C(=O)NC(CCC(=O)O)C(=O)O)cc1. The van der Waals surface area contributed by atoms with Crippen molar-refractivity contribution in [1.29, 1.82) is 0 Å². The van der Waals surface area contributed by atoms with E-state index in [9.17, 15) is 29.1 Å². The first-order chi connectivity index (χ1) is 16.1. The van der Waals surface area contributed by atoms with Crippen molar-refractivity contribution in [2.24, 2.45) is 0 Å². The molecule has 0 bridgehead atoms. The van der Waals surface area contributed by atoms with E-state index in [4.69, 9.17) is 10.8 Å². The molecule has 2 aromatic rings. The molecule has 14 nitrogen and oxygen atoms in total. The van der Waals surface area contributed by atoms with Crippen molar-refractivity contribution < 1.29 is 29.4 Å². The number of carbonyl (C=O) groups is 4. The van der Waals surface area contributed by atoms with Crippen molar-refractivity contribution in [3.63, 3.8) is 0 Å². The minimum absolute atomic E-state index is 0.0744. The van der Waals surface area contributed by atoms with Crippen LogP contribution >= 0.6 is 0 Å². The number of amides is 2. The van der Waals surface area contributed by atoms with Gasteiger partial charge in [-0.25, -0.2) is 9.59 Å². The van der Waals surface area contributed by atoms with E-state index in [0.717, 1.165) is 0 Å². The summed E-state index contributed by atoms with van der Waals surface area (Å²) >= 11 is 0. The van der Waals surface area contributed by atoms with Gasteiger partial charge in [0.05, 0.1) is 12.6 Å². The average Bonchev–Trinajstić information content (AvgIpc) is 2.78. The predicted octanol–water partition coefficient (Wildman–Crippen LogP) is -1.17. The molecule has 1 aliphatic rings. The smallest absolute Gasteiger partial charge is 0.352 e. The lowest BCUT2D eigenvalue weighted by atomic mass is 10.1. The summed E-state index contributed by atoms with van der Waals surface area (Å²) in [6.07, 6.45) is -0.637. The highest BCUT2D eigenvalue weighted by Gasteiger charge is 2.32. The number of benzene rings is 1. The molecule has 1 aromatic carbocycles. The van der Waals surface area contributed by atoms with Crippen molar-refractivity contribution >= 4 is 35.4 Å². The zero-order valence-electron chi connectivity index (χ0n) is 18.1. The number of likely N-dealkylation sites (N-methyl/N-ethyl adjacent to an activating group) is 1. The van der Waals surface area contributed by atoms with Gasteiger partial charge >= 0.3 is 17.6 Å². The molecule has 2 heterocycles. The van der Waals surface area contributed by atoms with Gasteiger partial charge in [-0.15, -0.1) is 0 Å². The van der Waals surface area contributed by atoms with Crippen LogP contribution in [0.2, 0.25) is 0 Å². The third kappa shape index (κ3) is 5.46. The molecule has 2 atom stereocenters. The Hall–Kier alpha value is -4.49. The second-order valence-corrected chi connectivity index (χ2v) is 7.62. The Morgan fingerprint density at radius 1 is 1.18 bits per heavy atom. The van der Waals surface area contributed by atoms with Gasteiger partial charge in [0.2, 0.25) is 11.8 Å². The number of carboxylic acids is 2. The highest BCUT2D eigenvalue weighted by atomic mass is 16.4. The summed E-state index contributed by atoms with van der Waals surface area (Å²) in [5.74, 6) is -3.95. The summed E-state index contributed by atoms with van der Waals surface area (Å²) in [6, 6.07) is 4.41. The van der Waals surface area contributed by atoms with E-state index in [2.05, 4.69) is 20.6 Å². The zero-order valence-corrected chi connectivity index (χ0v) is 18.1. The highest BCUT2D eigenvalue weighted by molar-refractivity contribution is 5.97. The quantitative estimate of drug-likeness (QED) is 0.293. The molecule has 180 valence electrons. The fourth-order valence-corrected chi connectivity index (χ4v) is 3.37. The summed E-state index contributed by atoms with van der Waals surface area (Å²) in [4.78, 5) is 67.7. The number of anilines is 2. The Morgan fingerprint density at radius 3 is 2.47 bits per heavy atom. The molecule has 0 saturated heterocycles. The fraction of sp³-hybridized carbons (Fsp3) is 0.350. The summed E-state index contributed by atoms with van der Waals surface area (Å²) < 4.78 is 1.17. The van der Waals surface area contributed by atoms with Gasteiger partial charge < -0.3 is 31.5 Å². The molecule has 3 rings (SSSR count). The van der Waals surface area contributed by atoms with E-state index in [1.807, 2.05) is 0 Å². The van der Waals surface area contributed by atoms with Crippen LogP contribution in [-0.4, -0.2) is 79.1 Å². The summed E-state index contributed by atoms with van der Waals surface area (Å²) in [5, 5.41) is 23.3. The number of carboxylic acid groups (broad SMARTS) is 2. The van der Waals surface area contributed by atoms with Crippen molar-refractivity contribution in [1.82, 2.24) is 24.8 Å². The first-order valence-corrected chi connectivity index (χ1v) is 10.2. The largest absolute Gasteiger partial charge is 0.481 e. The van der Waals surface area contributed by atoms with Gasteiger partial charge in [0.25, 0.3) is 11.8 Å². The molecule has 0 saturated carbocycles. The Kier molecular flexibility index (Phi) is 7.09. The lowest BCUT2D eigenvalue weighted by molar-refractivity contribution is -0.140. The van der Waals surface area contributed by atoms with Crippen LogP contribution in [0.25, 0.3) is 0 Å². The third-order valence-electron chi connectivity index (χ3n) is 5.31. The number of carbonyl (C=O) groups excluding carboxylic acids is 2. The topological polar surface area (TPSA) is 210 Å². The average molecular weight is 473 g/mol. The molecule has 0 radical (unpaired) electrons. The molecule has 34 heavy (non-hydrogen) atoms. The lowest BCUT2D eigenvalue weighted by Gasteiger charge is -2.33. The Balaban J connectivity index is 1.62. The zero-order chi connectivity index (χ0) is 25.0. The van der Waals surface area contributed by atoms with Gasteiger partial charge in [-0.05, 0) is 30.7 Å². The van der Waals surface area contributed by atoms with E-state index in [0.29, 0.717) is 5.69 Å². The molecule has 0 aliphatic carbocycles. The molecular formula is C20H23N7O7. The van der Waals surface area contributed by atoms with Crippen molar-refractivity contribution in [2.45, 2.75) is 31.5 Å². The number of nitrogen functional groups attached to an aromatic ring is 1. The van der Waals surface area contributed by atoms with E-state index in [1.165, 1.54) is 21.6 Å². The number of rotatable bonds is 9. The van der Waals surface area contributed by atoms with Crippen molar-refractivity contribution in [3.8, 4) is 0 Å². The first-order valence-electron chi connectivity index (χ1n) is 10.2. The third-order valence-corrected chi connectivity index (χ3v) is 5.31. The van der Waals surface area contributed by atoms with Gasteiger partial charge in [-0.3, -0.25) is 19.0 Å². The molecule has 6 N–H and O–H groups in total. The second-order valence-electron chi connectivity index (χ2n) is 7.62. The minimum atomic E-state index is -1.33. The van der Waals surface area contributed by atoms with Gasteiger partial charge in [0.15, 0.2) is 0 Å². The van der Waals surface area contributed by atoms with Crippen LogP contribution < -0.4 is 22.1 Å². The Bertz CT molecular complexity index is 1180. The van der Waals surface area contributed by atoms with Gasteiger partial charge in [-0.2, -0.15) is 9.97 Å². The van der Waals surface area contributed by atoms with Crippen LogP contribution in [-0.2, 0) is 16.1 Å². The maximum absolute atomic E-state index is 12.6. The molecule has 0 spiro atoms. The van der Waals surface area contributed by atoms with E-state index < -0.39 is 47.9 Å². The normalized spacial score (nSPS) is 15.9. The van der Waals surface area contributed by atoms with Crippen LogP contribution in [0, 0.1) is 0 Å². The molecule has 2 amide bonds.